The number of aromatic hydroxyl groups is 1. The van der Waals surface area contributed by atoms with Crippen molar-refractivity contribution >= 4 is 11.5 Å². The number of unbranched alkanes of at least 4 members (excludes halogenated alkanes) is 3. The van der Waals surface area contributed by atoms with E-state index in [1.165, 1.54) is 44.1 Å². The first-order valence-corrected chi connectivity index (χ1v) is 9.78. The molecule has 0 amide bonds. The molecule has 0 aromatic heterocycles. The standard InChI is InChI=1S/C21H31NO2/c1-3-4-5-6-9-15(2)16-12-18-21(19(23)13-16)20(24)14-17-10-7-8-11-22(17)18/h12-13,15,17,23H,3-11,14H2,1-2H3/t15-,17+/m1/s1. The van der Waals surface area contributed by atoms with Crippen molar-refractivity contribution in [1.82, 2.24) is 0 Å². The van der Waals surface area contributed by atoms with Crippen LogP contribution in [0.15, 0.2) is 12.1 Å². The minimum atomic E-state index is 0.118. The maximum absolute atomic E-state index is 12.5. The number of ketones is 1. The van der Waals surface area contributed by atoms with Crippen LogP contribution in [0, 0.1) is 0 Å². The summed E-state index contributed by atoms with van der Waals surface area (Å²) in [4.78, 5) is 14.9. The lowest BCUT2D eigenvalue weighted by Crippen LogP contribution is -2.44. The van der Waals surface area contributed by atoms with Gasteiger partial charge < -0.3 is 10.0 Å². The quantitative estimate of drug-likeness (QED) is 0.709. The maximum atomic E-state index is 12.5. The Morgan fingerprint density at radius 3 is 2.88 bits per heavy atom. The molecule has 0 aliphatic carbocycles. The molecule has 1 fully saturated rings. The number of rotatable bonds is 6. The molecule has 0 saturated carbocycles. The first-order chi connectivity index (χ1) is 11.6. The molecule has 1 saturated heterocycles. The van der Waals surface area contributed by atoms with Gasteiger partial charge in [-0.05, 0) is 49.3 Å². The van der Waals surface area contributed by atoms with Crippen LogP contribution in [0.3, 0.4) is 0 Å². The lowest BCUT2D eigenvalue weighted by Gasteiger charge is -2.42. The van der Waals surface area contributed by atoms with Gasteiger partial charge in [-0.2, -0.15) is 0 Å². The molecular formula is C21H31NO2. The predicted molar refractivity (Wildman–Crippen MR) is 99.2 cm³/mol. The molecule has 3 heteroatoms. The molecule has 24 heavy (non-hydrogen) atoms. The topological polar surface area (TPSA) is 40.5 Å². The van der Waals surface area contributed by atoms with Gasteiger partial charge >= 0.3 is 0 Å². The van der Waals surface area contributed by atoms with Crippen molar-refractivity contribution in [2.45, 2.75) is 83.6 Å². The molecule has 2 aliphatic rings. The second-order valence-corrected chi connectivity index (χ2v) is 7.65. The monoisotopic (exact) mass is 329 g/mol. The summed E-state index contributed by atoms with van der Waals surface area (Å²) < 4.78 is 0. The van der Waals surface area contributed by atoms with Gasteiger partial charge in [-0.25, -0.2) is 0 Å². The number of anilines is 1. The van der Waals surface area contributed by atoms with Crippen molar-refractivity contribution in [2.24, 2.45) is 0 Å². The Bertz CT molecular complexity index is 596. The second-order valence-electron chi connectivity index (χ2n) is 7.65. The average molecular weight is 329 g/mol. The van der Waals surface area contributed by atoms with Crippen molar-refractivity contribution in [3.8, 4) is 5.75 Å². The summed E-state index contributed by atoms with van der Waals surface area (Å²) in [5.74, 6) is 0.739. The zero-order valence-corrected chi connectivity index (χ0v) is 15.2. The predicted octanol–water partition coefficient (Wildman–Crippen LogP) is 5.41. The molecule has 0 bridgehead atoms. The summed E-state index contributed by atoms with van der Waals surface area (Å²) in [6.45, 7) is 5.49. The zero-order chi connectivity index (χ0) is 17.1. The van der Waals surface area contributed by atoms with E-state index in [-0.39, 0.29) is 11.5 Å². The van der Waals surface area contributed by atoms with Crippen LogP contribution in [0.5, 0.6) is 5.75 Å². The van der Waals surface area contributed by atoms with Crippen molar-refractivity contribution in [1.29, 1.82) is 0 Å². The number of fused-ring (bicyclic) bond motifs is 3. The van der Waals surface area contributed by atoms with Crippen LogP contribution in [0.25, 0.3) is 0 Å². The van der Waals surface area contributed by atoms with Crippen LogP contribution in [-0.2, 0) is 0 Å². The third kappa shape index (κ3) is 3.45. The number of phenols is 1. The Morgan fingerprint density at radius 2 is 2.08 bits per heavy atom. The summed E-state index contributed by atoms with van der Waals surface area (Å²) in [6.07, 6.45) is 10.3. The lowest BCUT2D eigenvalue weighted by atomic mass is 9.85. The number of carbonyl (C=O) groups is 1. The summed E-state index contributed by atoms with van der Waals surface area (Å²) in [5.41, 5.74) is 2.74. The second kappa shape index (κ2) is 7.58. The third-order valence-corrected chi connectivity index (χ3v) is 5.82. The molecular weight excluding hydrogens is 298 g/mol. The lowest BCUT2D eigenvalue weighted by molar-refractivity contribution is 0.0958. The summed E-state index contributed by atoms with van der Waals surface area (Å²) in [7, 11) is 0. The highest BCUT2D eigenvalue weighted by Gasteiger charge is 2.35. The fourth-order valence-corrected chi connectivity index (χ4v) is 4.32. The van der Waals surface area contributed by atoms with Crippen LogP contribution >= 0.6 is 0 Å². The molecule has 2 atom stereocenters. The van der Waals surface area contributed by atoms with Crippen molar-refractivity contribution in [2.75, 3.05) is 11.4 Å². The van der Waals surface area contributed by atoms with Crippen molar-refractivity contribution in [3.05, 3.63) is 23.3 Å². The highest BCUT2D eigenvalue weighted by atomic mass is 16.3. The number of hydrogen-bond donors (Lipinski definition) is 1. The number of benzene rings is 1. The first-order valence-electron chi connectivity index (χ1n) is 9.78. The number of carbonyl (C=O) groups excluding carboxylic acids is 1. The summed E-state index contributed by atoms with van der Waals surface area (Å²) in [5, 5.41) is 10.5. The van der Waals surface area contributed by atoms with E-state index in [9.17, 15) is 9.90 Å². The molecule has 0 unspecified atom stereocenters. The molecule has 3 rings (SSSR count). The van der Waals surface area contributed by atoms with Gasteiger partial charge in [0.05, 0.1) is 11.3 Å². The van der Waals surface area contributed by atoms with Crippen LogP contribution in [0.2, 0.25) is 0 Å². The van der Waals surface area contributed by atoms with Crippen LogP contribution < -0.4 is 4.90 Å². The van der Waals surface area contributed by atoms with E-state index < -0.39 is 0 Å². The smallest absolute Gasteiger partial charge is 0.170 e. The van der Waals surface area contributed by atoms with E-state index in [1.54, 1.807) is 0 Å². The Morgan fingerprint density at radius 1 is 1.25 bits per heavy atom. The molecule has 0 spiro atoms. The molecule has 132 valence electrons. The van der Waals surface area contributed by atoms with E-state index in [1.807, 2.05) is 6.07 Å². The van der Waals surface area contributed by atoms with E-state index in [2.05, 4.69) is 24.8 Å². The van der Waals surface area contributed by atoms with Gasteiger partial charge in [0.15, 0.2) is 5.78 Å². The minimum Gasteiger partial charge on any atom is -0.507 e. The van der Waals surface area contributed by atoms with Gasteiger partial charge in [0.1, 0.15) is 5.75 Å². The molecule has 1 N–H and O–H groups in total. The number of piperidine rings is 1. The number of phenolic OH excluding ortho intramolecular Hbond substituents is 1. The molecule has 1 aromatic rings. The Kier molecular flexibility index (Phi) is 5.47. The Labute approximate surface area is 146 Å². The summed E-state index contributed by atoms with van der Waals surface area (Å²) >= 11 is 0. The van der Waals surface area contributed by atoms with E-state index in [0.717, 1.165) is 25.1 Å². The highest BCUT2D eigenvalue weighted by Crippen LogP contribution is 2.42. The van der Waals surface area contributed by atoms with Gasteiger partial charge in [-0.1, -0.05) is 39.5 Å². The molecule has 0 radical (unpaired) electrons. The Hall–Kier alpha value is -1.51. The van der Waals surface area contributed by atoms with Crippen molar-refractivity contribution < 1.29 is 9.90 Å². The fraction of sp³-hybridized carbons (Fsp3) is 0.667. The first kappa shape index (κ1) is 17.3. The van der Waals surface area contributed by atoms with Gasteiger partial charge in [0.25, 0.3) is 0 Å². The minimum absolute atomic E-state index is 0.118. The van der Waals surface area contributed by atoms with E-state index in [4.69, 9.17) is 0 Å². The molecule has 2 heterocycles. The number of nitrogens with zero attached hydrogens (tertiary/aromatic N) is 1. The van der Waals surface area contributed by atoms with Gasteiger partial charge in [0.2, 0.25) is 0 Å². The van der Waals surface area contributed by atoms with Crippen LogP contribution in [0.4, 0.5) is 5.69 Å². The Balaban J connectivity index is 1.83. The van der Waals surface area contributed by atoms with Crippen molar-refractivity contribution in [3.63, 3.8) is 0 Å². The highest BCUT2D eigenvalue weighted by molar-refractivity contribution is 6.06. The van der Waals surface area contributed by atoms with E-state index in [0.29, 0.717) is 23.9 Å². The molecule has 1 aromatic carbocycles. The normalized spacial score (nSPS) is 21.3. The molecule has 3 nitrogen and oxygen atoms in total. The largest absolute Gasteiger partial charge is 0.507 e. The average Bonchev–Trinajstić information content (AvgIpc) is 2.58. The van der Waals surface area contributed by atoms with Crippen LogP contribution in [-0.4, -0.2) is 23.5 Å². The third-order valence-electron chi connectivity index (χ3n) is 5.82. The fourth-order valence-electron chi connectivity index (χ4n) is 4.32. The van der Waals surface area contributed by atoms with Gasteiger partial charge in [-0.3, -0.25) is 4.79 Å². The SMILES string of the molecule is CCCCCC[C@@H](C)c1cc(O)c2c(c1)N1CCCC[C@H]1CC2=O. The number of hydrogen-bond acceptors (Lipinski definition) is 3. The van der Waals surface area contributed by atoms with E-state index >= 15 is 0 Å². The summed E-state index contributed by atoms with van der Waals surface area (Å²) in [6, 6.07) is 4.37. The van der Waals surface area contributed by atoms with Gasteiger partial charge in [-0.15, -0.1) is 0 Å². The van der Waals surface area contributed by atoms with Gasteiger partial charge in [0, 0.05) is 19.0 Å². The van der Waals surface area contributed by atoms with Crippen LogP contribution in [0.1, 0.15) is 93.5 Å². The zero-order valence-electron chi connectivity index (χ0n) is 15.2. The maximum Gasteiger partial charge on any atom is 0.170 e. The number of Topliss-reactive ketones (excluding diaryl/α,β-unsaturated/α-hetero) is 1. The molecule has 2 aliphatic heterocycles.